The highest BCUT2D eigenvalue weighted by Crippen LogP contribution is 2.35. The maximum atomic E-state index is 12.2. The third-order valence-corrected chi connectivity index (χ3v) is 4.65. The quantitative estimate of drug-likeness (QED) is 0.374. The van der Waals surface area contributed by atoms with Crippen LogP contribution in [0.1, 0.15) is 18.1 Å². The standard InChI is InChI=1S/C22H21BrN4O5/c1-3-31-18-9-14(8-15(11-24)21(29)27-22(25)30)17(23)10-19(18)32-12-20(28)26-16-6-4-13(2)5-7-16/h4-10H,3,12H2,1-2H3,(H,26,28)(H3,25,27,29,30)/b15-8-. The number of halogens is 1. The number of benzene rings is 2. The predicted molar refractivity (Wildman–Crippen MR) is 122 cm³/mol. The number of urea groups is 1. The normalized spacial score (nSPS) is 10.6. The van der Waals surface area contributed by atoms with Crippen LogP contribution in [0.2, 0.25) is 0 Å². The van der Waals surface area contributed by atoms with Crippen molar-refractivity contribution in [3.05, 3.63) is 57.6 Å². The molecule has 0 spiro atoms. The summed E-state index contributed by atoms with van der Waals surface area (Å²) in [7, 11) is 0. The van der Waals surface area contributed by atoms with Crippen LogP contribution in [0.5, 0.6) is 11.5 Å². The number of nitriles is 1. The largest absolute Gasteiger partial charge is 0.490 e. The highest BCUT2D eigenvalue weighted by atomic mass is 79.9. The van der Waals surface area contributed by atoms with E-state index >= 15 is 0 Å². The fourth-order valence-corrected chi connectivity index (χ4v) is 2.94. The van der Waals surface area contributed by atoms with Gasteiger partial charge in [-0.3, -0.25) is 14.9 Å². The lowest BCUT2D eigenvalue weighted by Crippen LogP contribution is -2.35. The van der Waals surface area contributed by atoms with Gasteiger partial charge in [-0.15, -0.1) is 0 Å². The first-order valence-corrected chi connectivity index (χ1v) is 10.2. The number of nitrogens with one attached hydrogen (secondary N) is 2. The van der Waals surface area contributed by atoms with E-state index in [0.29, 0.717) is 28.1 Å². The van der Waals surface area contributed by atoms with Gasteiger partial charge < -0.3 is 20.5 Å². The zero-order valence-corrected chi connectivity index (χ0v) is 19.0. The monoisotopic (exact) mass is 500 g/mol. The number of rotatable bonds is 8. The molecule has 0 atom stereocenters. The molecule has 0 aliphatic carbocycles. The average molecular weight is 501 g/mol. The van der Waals surface area contributed by atoms with Crippen molar-refractivity contribution < 1.29 is 23.9 Å². The lowest BCUT2D eigenvalue weighted by atomic mass is 10.1. The van der Waals surface area contributed by atoms with Gasteiger partial charge in [0.05, 0.1) is 6.61 Å². The maximum Gasteiger partial charge on any atom is 0.319 e. The summed E-state index contributed by atoms with van der Waals surface area (Å²) < 4.78 is 11.7. The van der Waals surface area contributed by atoms with Crippen molar-refractivity contribution in [2.75, 3.05) is 18.5 Å². The molecule has 0 aliphatic heterocycles. The number of carbonyl (C=O) groups excluding carboxylic acids is 3. The van der Waals surface area contributed by atoms with Crippen LogP contribution in [0, 0.1) is 18.3 Å². The van der Waals surface area contributed by atoms with Crippen LogP contribution in [-0.4, -0.2) is 31.1 Å². The second-order valence-electron chi connectivity index (χ2n) is 6.44. The van der Waals surface area contributed by atoms with Crippen molar-refractivity contribution in [3.8, 4) is 17.6 Å². The molecular weight excluding hydrogens is 480 g/mol. The summed E-state index contributed by atoms with van der Waals surface area (Å²) in [6.45, 7) is 3.76. The number of imide groups is 1. The van der Waals surface area contributed by atoms with E-state index in [1.807, 2.05) is 24.4 Å². The molecule has 0 bridgehead atoms. The topological polar surface area (TPSA) is 144 Å². The number of hydrogen-bond acceptors (Lipinski definition) is 6. The zero-order chi connectivity index (χ0) is 23.7. The molecule has 2 aromatic carbocycles. The first-order chi connectivity index (χ1) is 15.2. The van der Waals surface area contributed by atoms with Crippen molar-refractivity contribution in [1.29, 1.82) is 5.26 Å². The Hall–Kier alpha value is -3.84. The smallest absolute Gasteiger partial charge is 0.319 e. The van der Waals surface area contributed by atoms with Gasteiger partial charge in [0.15, 0.2) is 18.1 Å². The average Bonchev–Trinajstić information content (AvgIpc) is 2.73. The molecule has 2 rings (SSSR count). The van der Waals surface area contributed by atoms with Crippen LogP contribution in [0.25, 0.3) is 6.08 Å². The van der Waals surface area contributed by atoms with Gasteiger partial charge in [0.25, 0.3) is 11.8 Å². The number of ether oxygens (including phenoxy) is 2. The van der Waals surface area contributed by atoms with Gasteiger partial charge in [0.1, 0.15) is 11.6 Å². The van der Waals surface area contributed by atoms with E-state index in [-0.39, 0.29) is 23.8 Å². The van der Waals surface area contributed by atoms with Crippen molar-refractivity contribution in [3.63, 3.8) is 0 Å². The SMILES string of the molecule is CCOc1cc(/C=C(/C#N)C(=O)NC(N)=O)c(Br)cc1OCC(=O)Nc1ccc(C)cc1. The van der Waals surface area contributed by atoms with Crippen LogP contribution >= 0.6 is 15.9 Å². The van der Waals surface area contributed by atoms with Crippen LogP contribution in [0.3, 0.4) is 0 Å². The summed E-state index contributed by atoms with van der Waals surface area (Å²) in [5.74, 6) is -0.697. The lowest BCUT2D eigenvalue weighted by Gasteiger charge is -2.14. The second kappa shape index (κ2) is 11.5. The summed E-state index contributed by atoms with van der Waals surface area (Å²) in [4.78, 5) is 35.0. The molecule has 0 heterocycles. The molecular formula is C22H21BrN4O5. The molecule has 10 heteroatoms. The zero-order valence-electron chi connectivity index (χ0n) is 17.4. The fourth-order valence-electron chi connectivity index (χ4n) is 2.50. The minimum Gasteiger partial charge on any atom is -0.490 e. The first-order valence-electron chi connectivity index (χ1n) is 9.41. The van der Waals surface area contributed by atoms with Crippen molar-refractivity contribution in [2.45, 2.75) is 13.8 Å². The molecule has 0 radical (unpaired) electrons. The molecule has 166 valence electrons. The fraction of sp³-hybridized carbons (Fsp3) is 0.182. The number of amides is 4. The summed E-state index contributed by atoms with van der Waals surface area (Å²) in [5.41, 5.74) is 6.72. The summed E-state index contributed by atoms with van der Waals surface area (Å²) >= 11 is 3.34. The molecule has 9 nitrogen and oxygen atoms in total. The molecule has 0 aromatic heterocycles. The third kappa shape index (κ3) is 7.14. The van der Waals surface area contributed by atoms with E-state index in [1.165, 1.54) is 12.1 Å². The molecule has 0 unspecified atom stereocenters. The van der Waals surface area contributed by atoms with Crippen LogP contribution in [0.15, 0.2) is 46.4 Å². The Balaban J connectivity index is 2.20. The van der Waals surface area contributed by atoms with Gasteiger partial charge in [-0.05, 0) is 49.8 Å². The van der Waals surface area contributed by atoms with Gasteiger partial charge in [0.2, 0.25) is 0 Å². The molecule has 0 saturated carbocycles. The van der Waals surface area contributed by atoms with E-state index < -0.39 is 11.9 Å². The van der Waals surface area contributed by atoms with Crippen molar-refractivity contribution in [2.24, 2.45) is 5.73 Å². The molecule has 2 aromatic rings. The van der Waals surface area contributed by atoms with E-state index in [0.717, 1.165) is 5.56 Å². The van der Waals surface area contributed by atoms with Gasteiger partial charge >= 0.3 is 6.03 Å². The molecule has 4 N–H and O–H groups in total. The van der Waals surface area contributed by atoms with Gasteiger partial charge in [0, 0.05) is 10.2 Å². The van der Waals surface area contributed by atoms with E-state index in [1.54, 1.807) is 31.2 Å². The summed E-state index contributed by atoms with van der Waals surface area (Å²) in [6, 6.07) is 11.1. The molecule has 0 saturated heterocycles. The van der Waals surface area contributed by atoms with E-state index in [4.69, 9.17) is 15.2 Å². The highest BCUT2D eigenvalue weighted by molar-refractivity contribution is 9.10. The second-order valence-corrected chi connectivity index (χ2v) is 7.30. The van der Waals surface area contributed by atoms with Crippen LogP contribution in [-0.2, 0) is 9.59 Å². The van der Waals surface area contributed by atoms with Crippen LogP contribution < -0.4 is 25.8 Å². The Morgan fingerprint density at radius 1 is 1.16 bits per heavy atom. The Labute approximate surface area is 193 Å². The van der Waals surface area contributed by atoms with E-state index in [2.05, 4.69) is 21.2 Å². The van der Waals surface area contributed by atoms with Gasteiger partial charge in [-0.2, -0.15) is 5.26 Å². The van der Waals surface area contributed by atoms with Crippen molar-refractivity contribution >= 4 is 45.5 Å². The lowest BCUT2D eigenvalue weighted by molar-refractivity contribution is -0.118. The third-order valence-electron chi connectivity index (χ3n) is 3.96. The minimum atomic E-state index is -1.07. The number of anilines is 1. The molecule has 0 aliphatic rings. The number of hydrogen-bond donors (Lipinski definition) is 3. The number of primary amides is 1. The van der Waals surface area contributed by atoms with Gasteiger partial charge in [-0.25, -0.2) is 4.79 Å². The molecule has 0 fully saturated rings. The summed E-state index contributed by atoms with van der Waals surface area (Å²) in [5, 5.41) is 13.8. The van der Waals surface area contributed by atoms with Crippen LogP contribution in [0.4, 0.5) is 10.5 Å². The highest BCUT2D eigenvalue weighted by Gasteiger charge is 2.15. The Bertz CT molecular complexity index is 1090. The van der Waals surface area contributed by atoms with Gasteiger partial charge in [-0.1, -0.05) is 33.6 Å². The number of nitrogens with two attached hydrogens (primary N) is 1. The number of aryl methyl sites for hydroxylation is 1. The predicted octanol–water partition coefficient (Wildman–Crippen LogP) is 3.28. The number of nitrogens with zero attached hydrogens (tertiary/aromatic N) is 1. The van der Waals surface area contributed by atoms with E-state index in [9.17, 15) is 19.6 Å². The first kappa shape index (κ1) is 24.4. The summed E-state index contributed by atoms with van der Waals surface area (Å²) in [6.07, 6.45) is 1.26. The van der Waals surface area contributed by atoms with Crippen molar-refractivity contribution in [1.82, 2.24) is 5.32 Å². The Kier molecular flexibility index (Phi) is 8.80. The maximum absolute atomic E-state index is 12.2. The number of carbonyl (C=O) groups is 3. The Morgan fingerprint density at radius 3 is 2.41 bits per heavy atom. The molecule has 32 heavy (non-hydrogen) atoms. The minimum absolute atomic E-state index is 0.264. The Morgan fingerprint density at radius 2 is 1.81 bits per heavy atom. The molecule has 4 amide bonds.